The van der Waals surface area contributed by atoms with Crippen LogP contribution in [0.4, 0.5) is 17.2 Å². The summed E-state index contributed by atoms with van der Waals surface area (Å²) < 4.78 is 4.95. The smallest absolute Gasteiger partial charge is 0.258 e. The fourth-order valence-corrected chi connectivity index (χ4v) is 2.59. The molecule has 0 unspecified atom stereocenters. The molecular weight excluding hydrogens is 316 g/mol. The lowest BCUT2D eigenvalue weighted by molar-refractivity contribution is 0.102. The number of nitrogens with one attached hydrogen (secondary N) is 2. The third-order valence-electron chi connectivity index (χ3n) is 3.88. The molecule has 2 heterocycles. The van der Waals surface area contributed by atoms with E-state index in [2.05, 4.69) is 46.8 Å². The van der Waals surface area contributed by atoms with Crippen molar-refractivity contribution in [2.45, 2.75) is 27.2 Å². The zero-order valence-corrected chi connectivity index (χ0v) is 14.5. The Morgan fingerprint density at radius 1 is 1.20 bits per heavy atom. The number of hydrogen-bond acceptors (Lipinski definition) is 5. The van der Waals surface area contributed by atoms with E-state index in [-0.39, 0.29) is 5.91 Å². The highest BCUT2D eigenvalue weighted by Gasteiger charge is 2.11. The molecule has 0 fully saturated rings. The van der Waals surface area contributed by atoms with E-state index in [0.29, 0.717) is 17.1 Å². The number of rotatable bonds is 5. The van der Waals surface area contributed by atoms with Crippen LogP contribution < -0.4 is 10.6 Å². The second kappa shape index (κ2) is 7.17. The van der Waals surface area contributed by atoms with Gasteiger partial charge in [-0.2, -0.15) is 0 Å². The van der Waals surface area contributed by atoms with Crippen LogP contribution in [0.2, 0.25) is 0 Å². The van der Waals surface area contributed by atoms with Gasteiger partial charge in [0.05, 0.1) is 17.4 Å². The molecule has 0 atom stereocenters. The van der Waals surface area contributed by atoms with Gasteiger partial charge in [-0.25, -0.2) is 0 Å². The topological polar surface area (TPSA) is 80.0 Å². The Balaban J connectivity index is 1.81. The van der Waals surface area contributed by atoms with Gasteiger partial charge >= 0.3 is 0 Å². The monoisotopic (exact) mass is 336 g/mol. The molecule has 0 aliphatic carbocycles. The molecule has 0 aliphatic heterocycles. The van der Waals surface area contributed by atoms with E-state index in [1.807, 2.05) is 6.07 Å². The van der Waals surface area contributed by atoms with Gasteiger partial charge in [0, 0.05) is 18.0 Å². The van der Waals surface area contributed by atoms with Gasteiger partial charge in [0.2, 0.25) is 0 Å². The minimum Gasteiger partial charge on any atom is -0.360 e. The number of amides is 1. The van der Waals surface area contributed by atoms with Gasteiger partial charge < -0.3 is 15.2 Å². The first-order valence-corrected chi connectivity index (χ1v) is 8.12. The van der Waals surface area contributed by atoms with Crippen molar-refractivity contribution in [3.8, 4) is 0 Å². The molecule has 128 valence electrons. The number of aryl methyl sites for hydroxylation is 3. The Kier molecular flexibility index (Phi) is 4.79. The fourth-order valence-electron chi connectivity index (χ4n) is 2.59. The molecule has 0 saturated heterocycles. The lowest BCUT2D eigenvalue weighted by atomic mass is 10.1. The Hall–Kier alpha value is -3.15. The third-order valence-corrected chi connectivity index (χ3v) is 3.88. The molecule has 3 aromatic rings. The largest absolute Gasteiger partial charge is 0.360 e. The van der Waals surface area contributed by atoms with E-state index < -0.39 is 0 Å². The van der Waals surface area contributed by atoms with Gasteiger partial charge in [0.25, 0.3) is 5.91 Å². The van der Waals surface area contributed by atoms with E-state index in [1.54, 1.807) is 25.3 Å². The summed E-state index contributed by atoms with van der Waals surface area (Å²) in [6.45, 7) is 5.93. The first-order valence-electron chi connectivity index (χ1n) is 8.12. The lowest BCUT2D eigenvalue weighted by Crippen LogP contribution is -2.12. The molecule has 0 bridgehead atoms. The van der Waals surface area contributed by atoms with Crippen molar-refractivity contribution in [2.24, 2.45) is 0 Å². The number of para-hydroxylation sites is 1. The predicted octanol–water partition coefficient (Wildman–Crippen LogP) is 4.24. The maximum Gasteiger partial charge on any atom is 0.258 e. The Bertz CT molecular complexity index is 902. The summed E-state index contributed by atoms with van der Waals surface area (Å²) >= 11 is 0. The molecule has 25 heavy (non-hydrogen) atoms. The molecule has 3 rings (SSSR count). The van der Waals surface area contributed by atoms with E-state index >= 15 is 0 Å². The molecule has 2 N–H and O–H groups in total. The normalized spacial score (nSPS) is 10.5. The number of carbonyl (C=O) groups is 1. The zero-order chi connectivity index (χ0) is 17.8. The van der Waals surface area contributed by atoms with Crippen LogP contribution in [-0.4, -0.2) is 16.0 Å². The number of carbonyl (C=O) groups excluding carboxylic acids is 1. The quantitative estimate of drug-likeness (QED) is 0.728. The van der Waals surface area contributed by atoms with Crippen molar-refractivity contribution in [3.05, 3.63) is 65.2 Å². The zero-order valence-electron chi connectivity index (χ0n) is 14.5. The van der Waals surface area contributed by atoms with Crippen LogP contribution in [0.25, 0.3) is 0 Å². The van der Waals surface area contributed by atoms with Crippen LogP contribution in [0.1, 0.15) is 34.2 Å². The van der Waals surface area contributed by atoms with Crippen molar-refractivity contribution in [1.82, 2.24) is 10.1 Å². The lowest BCUT2D eigenvalue weighted by Gasteiger charge is -2.14. The van der Waals surface area contributed by atoms with E-state index in [0.717, 1.165) is 23.4 Å². The number of nitrogens with zero attached hydrogens (tertiary/aromatic N) is 2. The van der Waals surface area contributed by atoms with E-state index in [1.165, 1.54) is 11.8 Å². The van der Waals surface area contributed by atoms with Crippen molar-refractivity contribution in [2.75, 3.05) is 10.6 Å². The molecule has 6 heteroatoms. The number of hydrogen-bond donors (Lipinski definition) is 2. The predicted molar refractivity (Wildman–Crippen MR) is 97.3 cm³/mol. The summed E-state index contributed by atoms with van der Waals surface area (Å²) in [5.74, 6) is 0.730. The van der Waals surface area contributed by atoms with Gasteiger partial charge in [0.1, 0.15) is 5.76 Å². The molecular formula is C19H20N4O2. The minimum atomic E-state index is -0.287. The summed E-state index contributed by atoms with van der Waals surface area (Å²) in [5, 5.41) is 9.83. The maximum atomic E-state index is 12.4. The Labute approximate surface area is 146 Å². The van der Waals surface area contributed by atoms with Gasteiger partial charge in [-0.1, -0.05) is 30.3 Å². The van der Waals surface area contributed by atoms with Crippen LogP contribution in [0.3, 0.4) is 0 Å². The summed E-state index contributed by atoms with van der Waals surface area (Å²) in [4.78, 5) is 16.5. The van der Waals surface area contributed by atoms with E-state index in [9.17, 15) is 4.79 Å². The van der Waals surface area contributed by atoms with Gasteiger partial charge in [0.15, 0.2) is 5.82 Å². The SMILES string of the molecule is CCc1cccc(C)c1Nc1cncc(C(=O)Nc2cc(C)on2)c1. The molecule has 0 aliphatic rings. The highest BCUT2D eigenvalue weighted by Crippen LogP contribution is 2.25. The van der Waals surface area contributed by atoms with Gasteiger partial charge in [-0.3, -0.25) is 9.78 Å². The molecule has 0 spiro atoms. The molecule has 1 aromatic carbocycles. The minimum absolute atomic E-state index is 0.287. The molecule has 6 nitrogen and oxygen atoms in total. The fraction of sp³-hybridized carbons (Fsp3) is 0.211. The van der Waals surface area contributed by atoms with Crippen LogP contribution in [0, 0.1) is 13.8 Å². The second-order valence-electron chi connectivity index (χ2n) is 5.83. The van der Waals surface area contributed by atoms with Crippen LogP contribution in [0.5, 0.6) is 0 Å². The standard InChI is InChI=1S/C19H20N4O2/c1-4-14-7-5-6-12(2)18(14)21-16-9-15(10-20-11-16)19(24)22-17-8-13(3)25-23-17/h5-11,21H,4H2,1-3H3,(H,22,23,24). The number of benzene rings is 1. The number of aromatic nitrogens is 2. The first-order chi connectivity index (χ1) is 12.1. The van der Waals surface area contributed by atoms with Crippen molar-refractivity contribution >= 4 is 23.1 Å². The van der Waals surface area contributed by atoms with Crippen LogP contribution in [0.15, 0.2) is 47.2 Å². The summed E-state index contributed by atoms with van der Waals surface area (Å²) in [5.41, 5.74) is 4.61. The van der Waals surface area contributed by atoms with E-state index in [4.69, 9.17) is 4.52 Å². The summed E-state index contributed by atoms with van der Waals surface area (Å²) in [7, 11) is 0. The van der Waals surface area contributed by atoms with Crippen LogP contribution in [-0.2, 0) is 6.42 Å². The summed E-state index contributed by atoms with van der Waals surface area (Å²) in [6, 6.07) is 9.61. The highest BCUT2D eigenvalue weighted by atomic mass is 16.5. The van der Waals surface area contributed by atoms with Crippen molar-refractivity contribution < 1.29 is 9.32 Å². The molecule has 0 saturated carbocycles. The Morgan fingerprint density at radius 2 is 2.04 bits per heavy atom. The number of pyridine rings is 1. The van der Waals surface area contributed by atoms with Gasteiger partial charge in [-0.05, 0) is 37.5 Å². The van der Waals surface area contributed by atoms with Gasteiger partial charge in [-0.15, -0.1) is 0 Å². The molecule has 2 aromatic heterocycles. The maximum absolute atomic E-state index is 12.4. The average Bonchev–Trinajstić information content (AvgIpc) is 3.01. The highest BCUT2D eigenvalue weighted by molar-refractivity contribution is 6.04. The molecule has 1 amide bonds. The number of anilines is 3. The van der Waals surface area contributed by atoms with Crippen molar-refractivity contribution in [3.63, 3.8) is 0 Å². The van der Waals surface area contributed by atoms with Crippen LogP contribution >= 0.6 is 0 Å². The third kappa shape index (κ3) is 3.85. The second-order valence-corrected chi connectivity index (χ2v) is 5.83. The first kappa shape index (κ1) is 16.7. The molecule has 0 radical (unpaired) electrons. The Morgan fingerprint density at radius 3 is 2.76 bits per heavy atom. The summed E-state index contributed by atoms with van der Waals surface area (Å²) in [6.07, 6.45) is 4.14. The van der Waals surface area contributed by atoms with Crippen molar-refractivity contribution in [1.29, 1.82) is 0 Å². The average molecular weight is 336 g/mol.